The summed E-state index contributed by atoms with van der Waals surface area (Å²) in [4.78, 5) is 1.64. The first-order valence-corrected chi connectivity index (χ1v) is 5.51. The quantitative estimate of drug-likeness (QED) is 0.861. The summed E-state index contributed by atoms with van der Waals surface area (Å²) in [7, 11) is 0. The average Bonchev–Trinajstić information content (AvgIpc) is 2.27. The number of benzene rings is 1. The van der Waals surface area contributed by atoms with Crippen LogP contribution < -0.4 is 0 Å². The maximum atomic E-state index is 12.2. The molecule has 1 heterocycles. The lowest BCUT2D eigenvalue weighted by Crippen LogP contribution is -2.42. The highest BCUT2D eigenvalue weighted by Gasteiger charge is 2.39. The van der Waals surface area contributed by atoms with Crippen LogP contribution in [0, 0.1) is 0 Å². The Morgan fingerprint density at radius 2 is 1.88 bits per heavy atom. The molecule has 0 radical (unpaired) electrons. The molecule has 1 aliphatic rings. The molecule has 1 N–H and O–H groups in total. The Kier molecular flexibility index (Phi) is 3.40. The molecule has 1 aromatic carbocycles. The standard InChI is InChI=1S/C12H14F3NO/c13-12(14,15)11(17)8-16-6-5-9-3-1-2-4-10(9)7-16/h1-4,11,17H,5-8H2. The van der Waals surface area contributed by atoms with Crippen molar-refractivity contribution in [3.05, 3.63) is 35.4 Å². The van der Waals surface area contributed by atoms with Gasteiger partial charge in [0.25, 0.3) is 0 Å². The van der Waals surface area contributed by atoms with E-state index in [1.165, 1.54) is 5.56 Å². The molecule has 2 rings (SSSR count). The molecule has 0 fully saturated rings. The number of nitrogens with zero attached hydrogens (tertiary/aromatic N) is 1. The Balaban J connectivity index is 1.99. The van der Waals surface area contributed by atoms with E-state index < -0.39 is 12.3 Å². The minimum Gasteiger partial charge on any atom is -0.382 e. The van der Waals surface area contributed by atoms with Crippen molar-refractivity contribution in [2.75, 3.05) is 13.1 Å². The van der Waals surface area contributed by atoms with Crippen LogP contribution in [0.5, 0.6) is 0 Å². The molecule has 17 heavy (non-hydrogen) atoms. The van der Waals surface area contributed by atoms with E-state index in [1.54, 1.807) is 4.90 Å². The average molecular weight is 245 g/mol. The number of hydrogen-bond acceptors (Lipinski definition) is 2. The second-order valence-corrected chi connectivity index (χ2v) is 4.31. The summed E-state index contributed by atoms with van der Waals surface area (Å²) in [6, 6.07) is 7.72. The van der Waals surface area contributed by atoms with Crippen molar-refractivity contribution < 1.29 is 18.3 Å². The summed E-state index contributed by atoms with van der Waals surface area (Å²) >= 11 is 0. The van der Waals surface area contributed by atoms with E-state index in [9.17, 15) is 13.2 Å². The first-order chi connectivity index (χ1) is 7.97. The molecule has 2 nitrogen and oxygen atoms in total. The molecule has 0 amide bonds. The summed E-state index contributed by atoms with van der Waals surface area (Å²) in [5.41, 5.74) is 2.23. The van der Waals surface area contributed by atoms with E-state index in [-0.39, 0.29) is 6.54 Å². The van der Waals surface area contributed by atoms with Crippen LogP contribution in [0.4, 0.5) is 13.2 Å². The van der Waals surface area contributed by atoms with Gasteiger partial charge in [-0.1, -0.05) is 24.3 Å². The number of rotatable bonds is 2. The highest BCUT2D eigenvalue weighted by atomic mass is 19.4. The predicted octanol–water partition coefficient (Wildman–Crippen LogP) is 1.97. The third kappa shape index (κ3) is 2.98. The van der Waals surface area contributed by atoms with Crippen LogP contribution in [0.25, 0.3) is 0 Å². The molecular weight excluding hydrogens is 231 g/mol. The van der Waals surface area contributed by atoms with Gasteiger partial charge in [0.2, 0.25) is 0 Å². The Labute approximate surface area is 97.7 Å². The van der Waals surface area contributed by atoms with Gasteiger partial charge in [0, 0.05) is 19.6 Å². The van der Waals surface area contributed by atoms with Crippen molar-refractivity contribution in [2.24, 2.45) is 0 Å². The second kappa shape index (κ2) is 4.66. The van der Waals surface area contributed by atoms with Crippen molar-refractivity contribution in [1.82, 2.24) is 4.90 Å². The van der Waals surface area contributed by atoms with Crippen molar-refractivity contribution >= 4 is 0 Å². The third-order valence-electron chi connectivity index (χ3n) is 3.02. The summed E-state index contributed by atoms with van der Waals surface area (Å²) in [6.07, 6.45) is -6.05. The highest BCUT2D eigenvalue weighted by Crippen LogP contribution is 2.23. The molecule has 1 unspecified atom stereocenters. The molecule has 0 aliphatic carbocycles. The van der Waals surface area contributed by atoms with E-state index in [1.807, 2.05) is 24.3 Å². The molecule has 0 bridgehead atoms. The van der Waals surface area contributed by atoms with Crippen LogP contribution >= 0.6 is 0 Å². The Morgan fingerprint density at radius 1 is 1.24 bits per heavy atom. The van der Waals surface area contributed by atoms with Crippen molar-refractivity contribution in [3.8, 4) is 0 Å². The molecule has 0 saturated carbocycles. The molecular formula is C12H14F3NO. The third-order valence-corrected chi connectivity index (χ3v) is 3.02. The lowest BCUT2D eigenvalue weighted by atomic mass is 10.00. The van der Waals surface area contributed by atoms with Gasteiger partial charge in [-0.2, -0.15) is 13.2 Å². The molecule has 1 atom stereocenters. The molecule has 94 valence electrons. The van der Waals surface area contributed by atoms with Gasteiger partial charge in [0.15, 0.2) is 6.10 Å². The fourth-order valence-corrected chi connectivity index (χ4v) is 2.06. The van der Waals surface area contributed by atoms with Gasteiger partial charge in [-0.15, -0.1) is 0 Å². The Bertz CT molecular complexity index is 392. The normalized spacial score (nSPS) is 18.8. The van der Waals surface area contributed by atoms with Crippen LogP contribution in [0.1, 0.15) is 11.1 Å². The largest absolute Gasteiger partial charge is 0.415 e. The van der Waals surface area contributed by atoms with Crippen molar-refractivity contribution in [2.45, 2.75) is 25.2 Å². The lowest BCUT2D eigenvalue weighted by Gasteiger charge is -2.30. The molecule has 0 aromatic heterocycles. The fraction of sp³-hybridized carbons (Fsp3) is 0.500. The molecule has 0 saturated heterocycles. The highest BCUT2D eigenvalue weighted by molar-refractivity contribution is 5.29. The maximum absolute atomic E-state index is 12.2. The zero-order valence-corrected chi connectivity index (χ0v) is 9.24. The van der Waals surface area contributed by atoms with E-state index in [4.69, 9.17) is 5.11 Å². The first kappa shape index (κ1) is 12.4. The van der Waals surface area contributed by atoms with Crippen LogP contribution in [-0.4, -0.2) is 35.4 Å². The van der Waals surface area contributed by atoms with Gasteiger partial charge in [-0.25, -0.2) is 0 Å². The van der Waals surface area contributed by atoms with Crippen LogP contribution in [0.15, 0.2) is 24.3 Å². The number of hydrogen-bond donors (Lipinski definition) is 1. The summed E-state index contributed by atoms with van der Waals surface area (Å²) in [5, 5.41) is 9.02. The number of aliphatic hydroxyl groups is 1. The Hall–Kier alpha value is -1.07. The van der Waals surface area contributed by atoms with Gasteiger partial charge >= 0.3 is 6.18 Å². The fourth-order valence-electron chi connectivity index (χ4n) is 2.06. The van der Waals surface area contributed by atoms with Gasteiger partial charge in [-0.05, 0) is 17.5 Å². The van der Waals surface area contributed by atoms with Gasteiger partial charge in [0.05, 0.1) is 0 Å². The van der Waals surface area contributed by atoms with E-state index >= 15 is 0 Å². The topological polar surface area (TPSA) is 23.5 Å². The lowest BCUT2D eigenvalue weighted by molar-refractivity contribution is -0.208. The summed E-state index contributed by atoms with van der Waals surface area (Å²) < 4.78 is 36.7. The van der Waals surface area contributed by atoms with Gasteiger partial charge < -0.3 is 5.11 Å². The maximum Gasteiger partial charge on any atom is 0.415 e. The zero-order chi connectivity index (χ0) is 12.5. The Morgan fingerprint density at radius 3 is 2.53 bits per heavy atom. The number of aliphatic hydroxyl groups excluding tert-OH is 1. The molecule has 1 aromatic rings. The number of fused-ring (bicyclic) bond motifs is 1. The van der Waals surface area contributed by atoms with Crippen LogP contribution in [0.3, 0.4) is 0 Å². The molecule has 0 spiro atoms. The van der Waals surface area contributed by atoms with Crippen molar-refractivity contribution in [3.63, 3.8) is 0 Å². The van der Waals surface area contributed by atoms with Crippen molar-refractivity contribution in [1.29, 1.82) is 0 Å². The smallest absolute Gasteiger partial charge is 0.382 e. The minimum atomic E-state index is -4.53. The van der Waals surface area contributed by atoms with E-state index in [0.29, 0.717) is 13.1 Å². The van der Waals surface area contributed by atoms with Gasteiger partial charge in [-0.3, -0.25) is 4.90 Å². The number of alkyl halides is 3. The minimum absolute atomic E-state index is 0.349. The second-order valence-electron chi connectivity index (χ2n) is 4.31. The molecule has 5 heteroatoms. The monoisotopic (exact) mass is 245 g/mol. The first-order valence-electron chi connectivity index (χ1n) is 5.51. The van der Waals surface area contributed by atoms with Gasteiger partial charge in [0.1, 0.15) is 0 Å². The number of β-amino-alcohol motifs (C(OH)–C–C–N with tert-alkyl or cyclic N) is 1. The predicted molar refractivity (Wildman–Crippen MR) is 57.5 cm³/mol. The van der Waals surface area contributed by atoms with E-state index in [0.717, 1.165) is 12.0 Å². The van der Waals surface area contributed by atoms with Crippen LogP contribution in [-0.2, 0) is 13.0 Å². The number of halogens is 3. The summed E-state index contributed by atoms with van der Waals surface area (Å²) in [5.74, 6) is 0. The molecule has 1 aliphatic heterocycles. The van der Waals surface area contributed by atoms with E-state index in [2.05, 4.69) is 0 Å². The zero-order valence-electron chi connectivity index (χ0n) is 9.24. The summed E-state index contributed by atoms with van der Waals surface area (Å²) in [6.45, 7) is 0.686. The van der Waals surface area contributed by atoms with Crippen LogP contribution in [0.2, 0.25) is 0 Å². The SMILES string of the molecule is OC(CN1CCc2ccccc2C1)C(F)(F)F.